The molecule has 3 rings (SSSR count). The fourth-order valence-electron chi connectivity index (χ4n) is 2.53. The average Bonchev–Trinajstić information content (AvgIpc) is 2.99. The van der Waals surface area contributed by atoms with Crippen LogP contribution in [0.1, 0.15) is 24.1 Å². The molecule has 1 unspecified atom stereocenters. The molecule has 0 saturated carbocycles. The maximum absolute atomic E-state index is 5.84. The van der Waals surface area contributed by atoms with Crippen LogP contribution in [0.15, 0.2) is 58.8 Å². The Kier molecular flexibility index (Phi) is 4.60. The molecular weight excluding hydrogens is 296 g/mol. The van der Waals surface area contributed by atoms with Gasteiger partial charge < -0.3 is 0 Å². The van der Waals surface area contributed by atoms with Crippen molar-refractivity contribution in [2.24, 2.45) is 5.84 Å². The van der Waals surface area contributed by atoms with Gasteiger partial charge in [0.05, 0.1) is 6.04 Å². The summed E-state index contributed by atoms with van der Waals surface area (Å²) in [6.07, 6.45) is 0. The third kappa shape index (κ3) is 2.99. The summed E-state index contributed by atoms with van der Waals surface area (Å²) in [6, 6.07) is 17.2. The first kappa shape index (κ1) is 14.6. The number of nitrogens with two attached hydrogens (primary N) is 1. The molecule has 0 saturated heterocycles. The molecule has 0 spiro atoms. The lowest BCUT2D eigenvalue weighted by atomic mass is 9.98. The average molecular weight is 314 g/mol. The lowest BCUT2D eigenvalue weighted by molar-refractivity contribution is 0.641. The van der Waals surface area contributed by atoms with Crippen molar-refractivity contribution < 1.29 is 0 Å². The fraction of sp³-hybridized carbons (Fsp3) is 0.176. The van der Waals surface area contributed by atoms with E-state index in [0.29, 0.717) is 0 Å². The molecule has 108 valence electrons. The Morgan fingerprint density at radius 2 is 1.95 bits per heavy atom. The first-order chi connectivity index (χ1) is 10.3. The van der Waals surface area contributed by atoms with Crippen molar-refractivity contribution in [2.45, 2.75) is 17.9 Å². The topological polar surface area (TPSA) is 38.0 Å². The zero-order valence-electron chi connectivity index (χ0n) is 11.9. The maximum Gasteiger partial charge on any atom is 0.0724 e. The molecule has 0 radical (unpaired) electrons. The Bertz CT molecular complexity index is 719. The number of rotatable bonds is 5. The van der Waals surface area contributed by atoms with E-state index in [4.69, 9.17) is 5.84 Å². The van der Waals surface area contributed by atoms with E-state index < -0.39 is 0 Å². The number of hydrogen-bond donors (Lipinski definition) is 2. The van der Waals surface area contributed by atoms with Crippen molar-refractivity contribution in [1.29, 1.82) is 0 Å². The molecule has 1 atom stereocenters. The fourth-order valence-corrected chi connectivity index (χ4v) is 4.14. The third-order valence-electron chi connectivity index (χ3n) is 3.51. The van der Waals surface area contributed by atoms with Crippen LogP contribution in [0, 0.1) is 0 Å². The predicted octanol–water partition coefficient (Wildman–Crippen LogP) is 4.57. The Labute approximate surface area is 133 Å². The van der Waals surface area contributed by atoms with Gasteiger partial charge in [0.25, 0.3) is 0 Å². The van der Waals surface area contributed by atoms with Crippen LogP contribution in [0.25, 0.3) is 10.1 Å². The van der Waals surface area contributed by atoms with E-state index in [2.05, 4.69) is 66.3 Å². The number of fused-ring (bicyclic) bond motifs is 1. The van der Waals surface area contributed by atoms with Crippen LogP contribution in [-0.2, 0) is 0 Å². The highest BCUT2D eigenvalue weighted by Crippen LogP contribution is 2.32. The molecule has 0 aliphatic rings. The zero-order valence-corrected chi connectivity index (χ0v) is 13.5. The van der Waals surface area contributed by atoms with Gasteiger partial charge in [-0.15, -0.1) is 23.1 Å². The van der Waals surface area contributed by atoms with Gasteiger partial charge in [-0.2, -0.15) is 0 Å². The third-order valence-corrected chi connectivity index (χ3v) is 5.38. The minimum atomic E-state index is 0.0213. The summed E-state index contributed by atoms with van der Waals surface area (Å²) in [4.78, 5) is 1.30. The van der Waals surface area contributed by atoms with Gasteiger partial charge in [-0.25, -0.2) is 5.43 Å². The molecule has 0 amide bonds. The monoisotopic (exact) mass is 314 g/mol. The summed E-state index contributed by atoms with van der Waals surface area (Å²) in [6.45, 7) is 2.17. The first-order valence-electron chi connectivity index (χ1n) is 6.98. The molecule has 21 heavy (non-hydrogen) atoms. The van der Waals surface area contributed by atoms with Crippen LogP contribution in [0.4, 0.5) is 0 Å². The second-order valence-electron chi connectivity index (χ2n) is 4.79. The summed E-state index contributed by atoms with van der Waals surface area (Å²) < 4.78 is 1.30. The lowest BCUT2D eigenvalue weighted by Gasteiger charge is -2.18. The van der Waals surface area contributed by atoms with Gasteiger partial charge in [-0.1, -0.05) is 37.3 Å². The molecule has 3 aromatic rings. The van der Waals surface area contributed by atoms with Gasteiger partial charge in [0.15, 0.2) is 0 Å². The summed E-state index contributed by atoms with van der Waals surface area (Å²) in [5, 5.41) is 3.40. The largest absolute Gasteiger partial charge is 0.271 e. The summed E-state index contributed by atoms with van der Waals surface area (Å²) in [5.74, 6) is 6.93. The van der Waals surface area contributed by atoms with Crippen LogP contribution in [-0.4, -0.2) is 5.75 Å². The van der Waals surface area contributed by atoms with E-state index in [1.807, 2.05) is 11.8 Å². The molecule has 2 nitrogen and oxygen atoms in total. The summed E-state index contributed by atoms with van der Waals surface area (Å²) >= 11 is 3.62. The minimum absolute atomic E-state index is 0.0213. The van der Waals surface area contributed by atoms with E-state index in [-0.39, 0.29) is 6.04 Å². The van der Waals surface area contributed by atoms with E-state index in [1.54, 1.807) is 11.3 Å². The van der Waals surface area contributed by atoms with Crippen molar-refractivity contribution in [3.63, 3.8) is 0 Å². The van der Waals surface area contributed by atoms with Gasteiger partial charge in [0.1, 0.15) is 0 Å². The second-order valence-corrected chi connectivity index (χ2v) is 7.04. The van der Waals surface area contributed by atoms with Crippen LogP contribution in [0.2, 0.25) is 0 Å². The number of hydrazine groups is 1. The Hall–Kier alpha value is -1.33. The molecule has 0 bridgehead atoms. The summed E-state index contributed by atoms with van der Waals surface area (Å²) in [5.41, 5.74) is 5.40. The van der Waals surface area contributed by atoms with Gasteiger partial charge in [0, 0.05) is 9.60 Å². The molecule has 0 aliphatic carbocycles. The molecule has 2 aromatic carbocycles. The van der Waals surface area contributed by atoms with E-state index >= 15 is 0 Å². The Morgan fingerprint density at radius 3 is 2.67 bits per heavy atom. The number of hydrogen-bond acceptors (Lipinski definition) is 4. The van der Waals surface area contributed by atoms with E-state index in [9.17, 15) is 0 Å². The SMILES string of the molecule is CCSc1ccc(C(NN)c2cccc3ccsc23)cc1. The highest BCUT2D eigenvalue weighted by Gasteiger charge is 2.15. The Balaban J connectivity index is 1.99. The molecule has 4 heteroatoms. The second kappa shape index (κ2) is 6.62. The molecule has 0 aliphatic heterocycles. The molecule has 0 fully saturated rings. The zero-order chi connectivity index (χ0) is 14.7. The van der Waals surface area contributed by atoms with Crippen molar-refractivity contribution in [3.8, 4) is 0 Å². The highest BCUT2D eigenvalue weighted by atomic mass is 32.2. The molecule has 1 heterocycles. The van der Waals surface area contributed by atoms with Crippen LogP contribution >= 0.6 is 23.1 Å². The smallest absolute Gasteiger partial charge is 0.0724 e. The number of benzene rings is 2. The van der Waals surface area contributed by atoms with Crippen LogP contribution < -0.4 is 11.3 Å². The normalized spacial score (nSPS) is 12.7. The molecular formula is C17H18N2S2. The van der Waals surface area contributed by atoms with Crippen LogP contribution in [0.3, 0.4) is 0 Å². The predicted molar refractivity (Wildman–Crippen MR) is 93.8 cm³/mol. The molecule has 1 aromatic heterocycles. The van der Waals surface area contributed by atoms with Gasteiger partial charge in [-0.05, 0) is 45.8 Å². The van der Waals surface area contributed by atoms with Crippen molar-refractivity contribution in [1.82, 2.24) is 5.43 Å². The Morgan fingerprint density at radius 1 is 1.14 bits per heavy atom. The van der Waals surface area contributed by atoms with E-state index in [0.717, 1.165) is 5.75 Å². The number of thioether (sulfide) groups is 1. The quantitative estimate of drug-likeness (QED) is 0.412. The molecule has 3 N–H and O–H groups in total. The van der Waals surface area contributed by atoms with Gasteiger partial charge in [0.2, 0.25) is 0 Å². The maximum atomic E-state index is 5.84. The first-order valence-corrected chi connectivity index (χ1v) is 8.85. The number of thiophene rings is 1. The van der Waals surface area contributed by atoms with Gasteiger partial charge >= 0.3 is 0 Å². The standard InChI is InChI=1S/C17H18N2S2/c1-2-20-14-8-6-12(7-9-14)16(19-18)15-5-3-4-13-10-11-21-17(13)15/h3-11,16,19H,2,18H2,1H3. The van der Waals surface area contributed by atoms with E-state index in [1.165, 1.54) is 26.1 Å². The minimum Gasteiger partial charge on any atom is -0.271 e. The van der Waals surface area contributed by atoms with Crippen LogP contribution in [0.5, 0.6) is 0 Å². The lowest BCUT2D eigenvalue weighted by Crippen LogP contribution is -2.28. The van der Waals surface area contributed by atoms with Crippen molar-refractivity contribution >= 4 is 33.2 Å². The van der Waals surface area contributed by atoms with Crippen molar-refractivity contribution in [2.75, 3.05) is 5.75 Å². The summed E-state index contributed by atoms with van der Waals surface area (Å²) in [7, 11) is 0. The number of nitrogens with one attached hydrogen (secondary N) is 1. The van der Waals surface area contributed by atoms with Crippen molar-refractivity contribution in [3.05, 3.63) is 65.0 Å². The highest BCUT2D eigenvalue weighted by molar-refractivity contribution is 7.99. The van der Waals surface area contributed by atoms with Gasteiger partial charge in [-0.3, -0.25) is 5.84 Å².